The van der Waals surface area contributed by atoms with Gasteiger partial charge in [-0.25, -0.2) is 0 Å². The molecule has 27 heavy (non-hydrogen) atoms. The maximum Gasteiger partial charge on any atom is 0.200 e. The van der Waals surface area contributed by atoms with Crippen molar-refractivity contribution in [2.45, 2.75) is 19.0 Å². The monoisotopic (exact) mass is 488 g/mol. The van der Waals surface area contributed by atoms with Gasteiger partial charge in [0.05, 0.1) is 14.2 Å². The number of halogens is 1. The highest BCUT2D eigenvalue weighted by Gasteiger charge is 2.29. The molecule has 2 aliphatic rings. The summed E-state index contributed by atoms with van der Waals surface area (Å²) in [7, 11) is 4.87. The summed E-state index contributed by atoms with van der Waals surface area (Å²) >= 11 is 0. The molecule has 1 atom stereocenters. The fourth-order valence-corrected chi connectivity index (χ4v) is 3.59. The first kappa shape index (κ1) is 21.6. The molecule has 0 aliphatic carbocycles. The lowest BCUT2D eigenvalue weighted by Crippen LogP contribution is -2.42. The highest BCUT2D eigenvalue weighted by Crippen LogP contribution is 2.37. The lowest BCUT2D eigenvalue weighted by Gasteiger charge is -2.25. The maximum absolute atomic E-state index is 10.0. The lowest BCUT2D eigenvalue weighted by molar-refractivity contribution is 0.259. The van der Waals surface area contributed by atoms with Crippen molar-refractivity contribution in [2.24, 2.45) is 4.99 Å². The number of phenols is 1. The topological polar surface area (TPSA) is 69.6 Å². The number of aromatic hydroxyl groups is 1. The van der Waals surface area contributed by atoms with Gasteiger partial charge in [-0.1, -0.05) is 12.2 Å². The number of rotatable bonds is 5. The first-order valence-corrected chi connectivity index (χ1v) is 8.94. The number of likely N-dealkylation sites (tertiary alicyclic amines) is 1. The summed E-state index contributed by atoms with van der Waals surface area (Å²) in [5, 5.41) is 13.4. The largest absolute Gasteiger partial charge is 0.502 e. The lowest BCUT2D eigenvalue weighted by atomic mass is 10.2. The van der Waals surface area contributed by atoms with Crippen molar-refractivity contribution in [2.75, 3.05) is 47.4 Å². The second kappa shape index (κ2) is 10.0. The predicted molar refractivity (Wildman–Crippen MR) is 118 cm³/mol. The Kier molecular flexibility index (Phi) is 8.03. The van der Waals surface area contributed by atoms with Gasteiger partial charge in [0, 0.05) is 45.8 Å². The molecule has 1 unspecified atom stereocenters. The van der Waals surface area contributed by atoms with Crippen molar-refractivity contribution < 1.29 is 14.6 Å². The average Bonchev–Trinajstić information content (AvgIpc) is 3.34. The number of phenolic OH excluding ortho intramolecular Hbond substituents is 1. The molecule has 8 heteroatoms. The van der Waals surface area contributed by atoms with Gasteiger partial charge < -0.3 is 24.8 Å². The SMILES string of the molecule is CN=C(NCc1cc(OC)c(O)c(OC)c1)N1CCC(N2CC=CC2)C1.I. The summed E-state index contributed by atoms with van der Waals surface area (Å²) in [5.74, 6) is 1.72. The molecule has 1 saturated heterocycles. The van der Waals surface area contributed by atoms with E-state index in [0.717, 1.165) is 44.1 Å². The Hall–Kier alpha value is -1.68. The summed E-state index contributed by atoms with van der Waals surface area (Å²) < 4.78 is 10.4. The molecule has 0 spiro atoms. The van der Waals surface area contributed by atoms with Crippen molar-refractivity contribution in [1.82, 2.24) is 15.1 Å². The highest BCUT2D eigenvalue weighted by molar-refractivity contribution is 14.0. The van der Waals surface area contributed by atoms with Crippen LogP contribution in [0.3, 0.4) is 0 Å². The maximum atomic E-state index is 10.0. The zero-order valence-corrected chi connectivity index (χ0v) is 18.5. The quantitative estimate of drug-likeness (QED) is 0.286. The Morgan fingerprint density at radius 3 is 2.41 bits per heavy atom. The third-order valence-electron chi connectivity index (χ3n) is 5.03. The van der Waals surface area contributed by atoms with E-state index in [2.05, 4.69) is 32.3 Å². The van der Waals surface area contributed by atoms with Crippen LogP contribution in [0.25, 0.3) is 0 Å². The first-order chi connectivity index (χ1) is 12.7. The fraction of sp³-hybridized carbons (Fsp3) is 0.526. The minimum Gasteiger partial charge on any atom is -0.502 e. The van der Waals surface area contributed by atoms with Gasteiger partial charge in [-0.2, -0.15) is 0 Å². The molecule has 150 valence electrons. The predicted octanol–water partition coefficient (Wildman–Crippen LogP) is 2.05. The molecule has 0 radical (unpaired) electrons. The number of guanidine groups is 1. The number of benzene rings is 1. The molecule has 0 bridgehead atoms. The van der Waals surface area contributed by atoms with E-state index in [0.29, 0.717) is 24.1 Å². The van der Waals surface area contributed by atoms with Crippen LogP contribution in [0, 0.1) is 0 Å². The van der Waals surface area contributed by atoms with Crippen LogP contribution < -0.4 is 14.8 Å². The van der Waals surface area contributed by atoms with Gasteiger partial charge >= 0.3 is 0 Å². The van der Waals surface area contributed by atoms with Gasteiger partial charge in [-0.15, -0.1) is 24.0 Å². The average molecular weight is 488 g/mol. The molecule has 0 aromatic heterocycles. The van der Waals surface area contributed by atoms with Crippen LogP contribution in [-0.2, 0) is 6.54 Å². The molecule has 2 heterocycles. The minimum absolute atomic E-state index is 0. The highest BCUT2D eigenvalue weighted by atomic mass is 127. The molecular formula is C19H29IN4O3. The van der Waals surface area contributed by atoms with Gasteiger partial charge in [0.15, 0.2) is 17.5 Å². The normalized spacial score (nSPS) is 19.9. The van der Waals surface area contributed by atoms with Gasteiger partial charge in [-0.3, -0.25) is 9.89 Å². The standard InChI is InChI=1S/C19H28N4O3.HI/c1-20-19(23-9-6-15(13-23)22-7-4-5-8-22)21-12-14-10-16(25-2)18(24)17(11-14)26-3;/h4-5,10-11,15,24H,6-9,12-13H2,1-3H3,(H,20,21);1H. The van der Waals surface area contributed by atoms with Crippen LogP contribution in [0.1, 0.15) is 12.0 Å². The van der Waals surface area contributed by atoms with E-state index in [-0.39, 0.29) is 29.7 Å². The van der Waals surface area contributed by atoms with E-state index in [4.69, 9.17) is 9.47 Å². The summed E-state index contributed by atoms with van der Waals surface area (Å²) in [5.41, 5.74) is 0.956. The van der Waals surface area contributed by atoms with Crippen molar-refractivity contribution in [3.05, 3.63) is 29.8 Å². The van der Waals surface area contributed by atoms with Gasteiger partial charge in [0.25, 0.3) is 0 Å². The molecule has 0 amide bonds. The van der Waals surface area contributed by atoms with Crippen molar-refractivity contribution in [1.29, 1.82) is 0 Å². The molecule has 1 aromatic rings. The van der Waals surface area contributed by atoms with Crippen LogP contribution in [0.5, 0.6) is 17.2 Å². The van der Waals surface area contributed by atoms with Gasteiger partial charge in [0.1, 0.15) is 0 Å². The van der Waals surface area contributed by atoms with Crippen molar-refractivity contribution in [3.8, 4) is 17.2 Å². The molecule has 7 nitrogen and oxygen atoms in total. The second-order valence-electron chi connectivity index (χ2n) is 6.56. The van der Waals surface area contributed by atoms with Crippen molar-refractivity contribution >= 4 is 29.9 Å². The minimum atomic E-state index is 0. The number of ether oxygens (including phenoxy) is 2. The van der Waals surface area contributed by atoms with E-state index < -0.39 is 0 Å². The Labute approximate surface area is 178 Å². The number of methoxy groups -OCH3 is 2. The summed E-state index contributed by atoms with van der Waals surface area (Å²) in [6.45, 7) is 4.67. The first-order valence-electron chi connectivity index (χ1n) is 8.94. The Bertz CT molecular complexity index is 663. The Morgan fingerprint density at radius 1 is 1.22 bits per heavy atom. The molecular weight excluding hydrogens is 459 g/mol. The van der Waals surface area contributed by atoms with E-state index >= 15 is 0 Å². The summed E-state index contributed by atoms with van der Waals surface area (Å²) in [6.07, 6.45) is 5.63. The molecule has 3 rings (SSSR count). The second-order valence-corrected chi connectivity index (χ2v) is 6.56. The van der Waals surface area contributed by atoms with Gasteiger partial charge in [0.2, 0.25) is 5.75 Å². The number of nitrogens with one attached hydrogen (secondary N) is 1. The van der Waals surface area contributed by atoms with E-state index in [1.165, 1.54) is 14.2 Å². The Morgan fingerprint density at radius 2 is 1.85 bits per heavy atom. The zero-order chi connectivity index (χ0) is 18.5. The van der Waals surface area contributed by atoms with Crippen LogP contribution in [-0.4, -0.2) is 74.4 Å². The number of hydrogen-bond donors (Lipinski definition) is 2. The smallest absolute Gasteiger partial charge is 0.200 e. The van der Waals surface area contributed by atoms with E-state index in [1.54, 1.807) is 12.1 Å². The molecule has 0 saturated carbocycles. The molecule has 2 aliphatic heterocycles. The van der Waals surface area contributed by atoms with E-state index in [9.17, 15) is 5.11 Å². The third kappa shape index (κ3) is 4.98. The summed E-state index contributed by atoms with van der Waals surface area (Å²) in [4.78, 5) is 9.24. The zero-order valence-electron chi connectivity index (χ0n) is 16.1. The van der Waals surface area contributed by atoms with Crippen LogP contribution >= 0.6 is 24.0 Å². The van der Waals surface area contributed by atoms with Crippen LogP contribution in [0.15, 0.2) is 29.3 Å². The van der Waals surface area contributed by atoms with Crippen LogP contribution in [0.4, 0.5) is 0 Å². The van der Waals surface area contributed by atoms with Crippen molar-refractivity contribution in [3.63, 3.8) is 0 Å². The van der Waals surface area contributed by atoms with E-state index in [1.807, 2.05) is 7.05 Å². The fourth-order valence-electron chi connectivity index (χ4n) is 3.59. The molecule has 1 fully saturated rings. The third-order valence-corrected chi connectivity index (χ3v) is 5.03. The number of hydrogen-bond acceptors (Lipinski definition) is 5. The molecule has 1 aromatic carbocycles. The number of nitrogens with zero attached hydrogens (tertiary/aromatic N) is 3. The van der Waals surface area contributed by atoms with Crippen LogP contribution in [0.2, 0.25) is 0 Å². The molecule has 2 N–H and O–H groups in total. The Balaban J connectivity index is 0.00000261. The van der Waals surface area contributed by atoms with Gasteiger partial charge in [-0.05, 0) is 24.1 Å². The summed E-state index contributed by atoms with van der Waals surface area (Å²) in [6, 6.07) is 4.19. The number of aliphatic imine (C=N–C) groups is 1.